The minimum atomic E-state index is -0.766. The van der Waals surface area contributed by atoms with Crippen LogP contribution in [-0.4, -0.2) is 39.5 Å². The Morgan fingerprint density at radius 3 is 2.81 bits per heavy atom. The molecule has 0 saturated carbocycles. The molecule has 0 aliphatic carbocycles. The van der Waals surface area contributed by atoms with Gasteiger partial charge in [0.25, 0.3) is 5.91 Å². The number of piperidine rings is 1. The van der Waals surface area contributed by atoms with Gasteiger partial charge in [0.15, 0.2) is 0 Å². The predicted octanol–water partition coefficient (Wildman–Crippen LogP) is 2.75. The summed E-state index contributed by atoms with van der Waals surface area (Å²) in [5.74, 6) is -0.381. The number of halogens is 1. The summed E-state index contributed by atoms with van der Waals surface area (Å²) in [6, 6.07) is 1.83. The van der Waals surface area contributed by atoms with E-state index in [-0.39, 0.29) is 24.2 Å². The second-order valence-corrected chi connectivity index (χ2v) is 6.80. The molecule has 1 aliphatic rings. The highest BCUT2D eigenvalue weighted by atomic mass is 79.9. The quantitative estimate of drug-likeness (QED) is 0.901. The van der Waals surface area contributed by atoms with Gasteiger partial charge in [0, 0.05) is 37.2 Å². The van der Waals surface area contributed by atoms with E-state index in [9.17, 15) is 9.59 Å². The molecule has 1 aromatic rings. The first kappa shape index (κ1) is 16.1. The monoisotopic (exact) mass is 356 g/mol. The zero-order chi connectivity index (χ0) is 15.6. The molecule has 0 spiro atoms. The lowest BCUT2D eigenvalue weighted by Crippen LogP contribution is -2.42. The molecule has 1 saturated heterocycles. The highest BCUT2D eigenvalue weighted by molar-refractivity contribution is 9.10. The number of hydrogen-bond acceptors (Lipinski definition) is 2. The summed E-state index contributed by atoms with van der Waals surface area (Å²) in [6.45, 7) is 3.36. The number of carbonyl (C=O) groups excluding carboxylic acids is 1. The second kappa shape index (κ2) is 6.64. The van der Waals surface area contributed by atoms with Crippen LogP contribution in [0, 0.1) is 11.8 Å². The van der Waals surface area contributed by atoms with E-state index in [4.69, 9.17) is 5.11 Å². The van der Waals surface area contributed by atoms with Gasteiger partial charge >= 0.3 is 5.97 Å². The van der Waals surface area contributed by atoms with Crippen molar-refractivity contribution in [2.24, 2.45) is 18.9 Å². The molecule has 0 bridgehead atoms. The summed E-state index contributed by atoms with van der Waals surface area (Å²) in [5.41, 5.74) is 0.661. The zero-order valence-corrected chi connectivity index (χ0v) is 14.0. The first-order chi connectivity index (χ1) is 9.88. The van der Waals surface area contributed by atoms with Crippen molar-refractivity contribution in [2.75, 3.05) is 13.1 Å². The summed E-state index contributed by atoms with van der Waals surface area (Å²) in [7, 11) is 1.85. The molecule has 1 aliphatic heterocycles. The number of nitrogens with zero attached hydrogens (tertiary/aromatic N) is 2. The van der Waals surface area contributed by atoms with Crippen molar-refractivity contribution >= 4 is 27.8 Å². The molecule has 116 valence electrons. The minimum absolute atomic E-state index is 0.0235. The fourth-order valence-corrected chi connectivity index (χ4v) is 3.52. The number of aryl methyl sites for hydroxylation is 1. The van der Waals surface area contributed by atoms with Crippen molar-refractivity contribution in [3.63, 3.8) is 0 Å². The van der Waals surface area contributed by atoms with Gasteiger partial charge in [-0.1, -0.05) is 6.92 Å². The molecule has 2 heterocycles. The first-order valence-corrected chi connectivity index (χ1v) is 8.00. The van der Waals surface area contributed by atoms with Crippen LogP contribution in [0.3, 0.4) is 0 Å². The number of hydrogen-bond donors (Lipinski definition) is 1. The van der Waals surface area contributed by atoms with Crippen molar-refractivity contribution in [3.8, 4) is 0 Å². The van der Waals surface area contributed by atoms with Crippen LogP contribution >= 0.6 is 15.9 Å². The Balaban J connectivity index is 2.05. The minimum Gasteiger partial charge on any atom is -0.481 e. The Morgan fingerprint density at radius 1 is 1.52 bits per heavy atom. The second-order valence-electron chi connectivity index (χ2n) is 5.88. The number of carboxylic acids is 1. The SMILES string of the molecule is CC(CC(=O)O)C1CCCN(C(=O)c2cc(Br)cn2C)C1. The highest BCUT2D eigenvalue weighted by Gasteiger charge is 2.29. The number of likely N-dealkylation sites (tertiary alicyclic amines) is 1. The number of carboxylic acid groups (broad SMARTS) is 1. The first-order valence-electron chi connectivity index (χ1n) is 7.21. The molecule has 1 N–H and O–H groups in total. The Morgan fingerprint density at radius 2 is 2.24 bits per heavy atom. The molecular formula is C15H21BrN2O3. The van der Waals surface area contributed by atoms with E-state index < -0.39 is 5.97 Å². The van der Waals surface area contributed by atoms with Gasteiger partial charge in [0.05, 0.1) is 0 Å². The lowest BCUT2D eigenvalue weighted by molar-refractivity contribution is -0.138. The van der Waals surface area contributed by atoms with Crippen LogP contribution in [-0.2, 0) is 11.8 Å². The Bertz CT molecular complexity index is 541. The van der Waals surface area contributed by atoms with Crippen LogP contribution < -0.4 is 0 Å². The summed E-state index contributed by atoms with van der Waals surface area (Å²) in [5, 5.41) is 8.92. The van der Waals surface area contributed by atoms with Crippen LogP contribution in [0.5, 0.6) is 0 Å². The van der Waals surface area contributed by atoms with Gasteiger partial charge in [-0.3, -0.25) is 9.59 Å². The van der Waals surface area contributed by atoms with Gasteiger partial charge in [-0.05, 0) is 46.7 Å². The maximum atomic E-state index is 12.6. The van der Waals surface area contributed by atoms with Crippen LogP contribution in [0.1, 0.15) is 36.7 Å². The average Bonchev–Trinajstić information content (AvgIpc) is 2.76. The normalized spacial score (nSPS) is 20.3. The molecule has 2 rings (SSSR count). The van der Waals surface area contributed by atoms with Crippen LogP contribution in [0.2, 0.25) is 0 Å². The van der Waals surface area contributed by atoms with Crippen molar-refractivity contribution in [1.29, 1.82) is 0 Å². The van der Waals surface area contributed by atoms with E-state index in [1.165, 1.54) is 0 Å². The molecular weight excluding hydrogens is 336 g/mol. The van der Waals surface area contributed by atoms with E-state index in [1.807, 2.05) is 35.7 Å². The maximum absolute atomic E-state index is 12.6. The number of amides is 1. The third kappa shape index (κ3) is 3.87. The van der Waals surface area contributed by atoms with Crippen molar-refractivity contribution in [2.45, 2.75) is 26.2 Å². The van der Waals surface area contributed by atoms with Crippen molar-refractivity contribution in [1.82, 2.24) is 9.47 Å². The van der Waals surface area contributed by atoms with Crippen LogP contribution in [0.4, 0.5) is 0 Å². The summed E-state index contributed by atoms with van der Waals surface area (Å²) in [6.07, 6.45) is 3.96. The Labute approximate surface area is 133 Å². The third-order valence-electron chi connectivity index (χ3n) is 4.24. The zero-order valence-electron chi connectivity index (χ0n) is 12.4. The lowest BCUT2D eigenvalue weighted by Gasteiger charge is -2.35. The molecule has 0 radical (unpaired) electrons. The van der Waals surface area contributed by atoms with E-state index >= 15 is 0 Å². The molecule has 6 heteroatoms. The third-order valence-corrected chi connectivity index (χ3v) is 4.67. The molecule has 2 atom stereocenters. The van der Waals surface area contributed by atoms with E-state index in [0.717, 1.165) is 23.9 Å². The fraction of sp³-hybridized carbons (Fsp3) is 0.600. The maximum Gasteiger partial charge on any atom is 0.303 e. The molecule has 2 unspecified atom stereocenters. The van der Waals surface area contributed by atoms with Gasteiger partial charge in [-0.2, -0.15) is 0 Å². The standard InChI is InChI=1S/C15H21BrN2O3/c1-10(6-14(19)20)11-4-3-5-18(8-11)15(21)13-7-12(16)9-17(13)2/h7,9-11H,3-6,8H2,1-2H3,(H,19,20). The topological polar surface area (TPSA) is 62.5 Å². The number of aromatic nitrogens is 1. The number of aliphatic carboxylic acids is 1. The van der Waals surface area contributed by atoms with E-state index in [1.54, 1.807) is 0 Å². The fourth-order valence-electron chi connectivity index (χ4n) is 3.00. The lowest BCUT2D eigenvalue weighted by atomic mass is 9.84. The van der Waals surface area contributed by atoms with E-state index in [0.29, 0.717) is 12.2 Å². The molecule has 1 fully saturated rings. The molecule has 0 aromatic carbocycles. The van der Waals surface area contributed by atoms with Crippen molar-refractivity contribution < 1.29 is 14.7 Å². The van der Waals surface area contributed by atoms with Gasteiger partial charge in [0.2, 0.25) is 0 Å². The highest BCUT2D eigenvalue weighted by Crippen LogP contribution is 2.27. The van der Waals surface area contributed by atoms with Gasteiger partial charge in [-0.15, -0.1) is 0 Å². The number of carbonyl (C=O) groups is 2. The van der Waals surface area contributed by atoms with Crippen LogP contribution in [0.15, 0.2) is 16.7 Å². The molecule has 21 heavy (non-hydrogen) atoms. The molecule has 5 nitrogen and oxygen atoms in total. The molecule has 1 aromatic heterocycles. The van der Waals surface area contributed by atoms with Crippen LogP contribution in [0.25, 0.3) is 0 Å². The van der Waals surface area contributed by atoms with Crippen molar-refractivity contribution in [3.05, 3.63) is 22.4 Å². The van der Waals surface area contributed by atoms with Gasteiger partial charge < -0.3 is 14.6 Å². The van der Waals surface area contributed by atoms with Gasteiger partial charge in [0.1, 0.15) is 5.69 Å². The predicted molar refractivity (Wildman–Crippen MR) is 83.2 cm³/mol. The number of rotatable bonds is 4. The summed E-state index contributed by atoms with van der Waals surface area (Å²) in [4.78, 5) is 25.3. The Hall–Kier alpha value is -1.30. The summed E-state index contributed by atoms with van der Waals surface area (Å²) >= 11 is 3.38. The Kier molecular flexibility index (Phi) is 5.08. The smallest absolute Gasteiger partial charge is 0.303 e. The summed E-state index contributed by atoms with van der Waals surface area (Å²) < 4.78 is 2.71. The van der Waals surface area contributed by atoms with Gasteiger partial charge in [-0.25, -0.2) is 0 Å². The molecule has 1 amide bonds. The van der Waals surface area contributed by atoms with E-state index in [2.05, 4.69) is 15.9 Å². The average molecular weight is 357 g/mol. The largest absolute Gasteiger partial charge is 0.481 e.